The van der Waals surface area contributed by atoms with Crippen molar-refractivity contribution in [1.82, 2.24) is 10.2 Å². The minimum atomic E-state index is -0.0495. The lowest BCUT2D eigenvalue weighted by Gasteiger charge is -2.19. The Labute approximate surface area is 86.6 Å². The van der Waals surface area contributed by atoms with Crippen molar-refractivity contribution in [2.75, 3.05) is 26.4 Å². The lowest BCUT2D eigenvalue weighted by molar-refractivity contribution is 0.111. The van der Waals surface area contributed by atoms with Crippen LogP contribution in [0.4, 0.5) is 4.79 Å². The average molecular weight is 202 g/mol. The maximum atomic E-state index is 11.4. The van der Waals surface area contributed by atoms with E-state index >= 15 is 0 Å². The third kappa shape index (κ3) is 5.80. The fourth-order valence-electron chi connectivity index (χ4n) is 1.05. The standard InChI is InChI=1S/C10H22N2O2/c1-4-7-8-14-9-11-10(13)12(5-2)6-3/h4-9H2,1-3H3,(H,11,13). The minimum Gasteiger partial charge on any atom is -0.361 e. The zero-order chi connectivity index (χ0) is 10.8. The van der Waals surface area contributed by atoms with Crippen molar-refractivity contribution in [1.29, 1.82) is 0 Å². The molecule has 0 aliphatic carbocycles. The largest absolute Gasteiger partial charge is 0.361 e. The van der Waals surface area contributed by atoms with Gasteiger partial charge in [-0.25, -0.2) is 4.79 Å². The summed E-state index contributed by atoms with van der Waals surface area (Å²) < 4.78 is 5.23. The molecule has 14 heavy (non-hydrogen) atoms. The third-order valence-corrected chi connectivity index (χ3v) is 2.02. The van der Waals surface area contributed by atoms with Crippen LogP contribution in [0.3, 0.4) is 0 Å². The number of urea groups is 1. The van der Waals surface area contributed by atoms with Crippen LogP contribution < -0.4 is 5.32 Å². The van der Waals surface area contributed by atoms with E-state index in [1.54, 1.807) is 4.90 Å². The molecule has 1 N–H and O–H groups in total. The number of rotatable bonds is 7. The maximum Gasteiger partial charge on any atom is 0.319 e. The fraction of sp³-hybridized carbons (Fsp3) is 0.900. The first kappa shape index (κ1) is 13.2. The molecule has 0 bridgehead atoms. The van der Waals surface area contributed by atoms with E-state index in [4.69, 9.17) is 4.74 Å². The van der Waals surface area contributed by atoms with Crippen molar-refractivity contribution in [2.24, 2.45) is 0 Å². The lowest BCUT2D eigenvalue weighted by Crippen LogP contribution is -2.40. The van der Waals surface area contributed by atoms with Crippen LogP contribution in [0.5, 0.6) is 0 Å². The van der Waals surface area contributed by atoms with Crippen molar-refractivity contribution >= 4 is 6.03 Å². The molecule has 0 aliphatic heterocycles. The van der Waals surface area contributed by atoms with Gasteiger partial charge in [0.1, 0.15) is 6.73 Å². The van der Waals surface area contributed by atoms with Crippen molar-refractivity contribution in [3.05, 3.63) is 0 Å². The monoisotopic (exact) mass is 202 g/mol. The van der Waals surface area contributed by atoms with Crippen LogP contribution >= 0.6 is 0 Å². The molecule has 0 saturated carbocycles. The van der Waals surface area contributed by atoms with E-state index in [1.807, 2.05) is 13.8 Å². The Morgan fingerprint density at radius 2 is 1.93 bits per heavy atom. The molecule has 0 aromatic heterocycles. The van der Waals surface area contributed by atoms with Gasteiger partial charge in [-0.05, 0) is 20.3 Å². The first-order valence-corrected chi connectivity index (χ1v) is 5.36. The summed E-state index contributed by atoms with van der Waals surface area (Å²) in [4.78, 5) is 13.1. The van der Waals surface area contributed by atoms with Gasteiger partial charge in [0, 0.05) is 19.7 Å². The average Bonchev–Trinajstić information content (AvgIpc) is 2.19. The highest BCUT2D eigenvalue weighted by Crippen LogP contribution is 1.89. The van der Waals surface area contributed by atoms with Gasteiger partial charge in [0.25, 0.3) is 0 Å². The number of nitrogens with zero attached hydrogens (tertiary/aromatic N) is 1. The van der Waals surface area contributed by atoms with Gasteiger partial charge >= 0.3 is 6.03 Å². The van der Waals surface area contributed by atoms with Crippen LogP contribution in [0, 0.1) is 0 Å². The second-order valence-corrected chi connectivity index (χ2v) is 3.06. The fourth-order valence-corrected chi connectivity index (χ4v) is 1.05. The Morgan fingerprint density at radius 3 is 2.43 bits per heavy atom. The Kier molecular flexibility index (Phi) is 8.33. The molecular weight excluding hydrogens is 180 g/mol. The van der Waals surface area contributed by atoms with Gasteiger partial charge in [-0.3, -0.25) is 0 Å². The van der Waals surface area contributed by atoms with E-state index in [2.05, 4.69) is 12.2 Å². The number of hydrogen-bond acceptors (Lipinski definition) is 2. The van der Waals surface area contributed by atoms with Crippen LogP contribution in [0.15, 0.2) is 0 Å². The molecule has 0 fully saturated rings. The number of carbonyl (C=O) groups is 1. The van der Waals surface area contributed by atoms with Gasteiger partial charge in [0.15, 0.2) is 0 Å². The summed E-state index contributed by atoms with van der Waals surface area (Å²) in [5.74, 6) is 0. The number of nitrogens with one attached hydrogen (secondary N) is 1. The molecule has 2 amide bonds. The highest BCUT2D eigenvalue weighted by molar-refractivity contribution is 5.73. The molecular formula is C10H22N2O2. The van der Waals surface area contributed by atoms with Crippen molar-refractivity contribution in [3.8, 4) is 0 Å². The highest BCUT2D eigenvalue weighted by atomic mass is 16.5. The van der Waals surface area contributed by atoms with E-state index in [0.717, 1.165) is 32.5 Å². The minimum absolute atomic E-state index is 0.0495. The van der Waals surface area contributed by atoms with E-state index in [0.29, 0.717) is 6.73 Å². The number of unbranched alkanes of at least 4 members (excludes halogenated alkanes) is 1. The van der Waals surface area contributed by atoms with Gasteiger partial charge in [-0.15, -0.1) is 0 Å². The van der Waals surface area contributed by atoms with Crippen LogP contribution in [0.25, 0.3) is 0 Å². The van der Waals surface area contributed by atoms with Crippen molar-refractivity contribution in [2.45, 2.75) is 33.6 Å². The highest BCUT2D eigenvalue weighted by Gasteiger charge is 2.06. The topological polar surface area (TPSA) is 41.6 Å². The van der Waals surface area contributed by atoms with Gasteiger partial charge in [-0.1, -0.05) is 13.3 Å². The summed E-state index contributed by atoms with van der Waals surface area (Å²) in [5, 5.41) is 2.71. The molecule has 0 spiro atoms. The Hall–Kier alpha value is -0.770. The van der Waals surface area contributed by atoms with E-state index in [9.17, 15) is 4.79 Å². The molecule has 0 aromatic rings. The molecule has 0 heterocycles. The molecule has 84 valence electrons. The Balaban J connectivity index is 3.43. The molecule has 0 saturated heterocycles. The first-order chi connectivity index (χ1) is 6.76. The summed E-state index contributed by atoms with van der Waals surface area (Å²) in [6.45, 7) is 8.53. The predicted molar refractivity (Wildman–Crippen MR) is 57.2 cm³/mol. The molecule has 0 radical (unpaired) electrons. The van der Waals surface area contributed by atoms with Gasteiger partial charge in [0.2, 0.25) is 0 Å². The summed E-state index contributed by atoms with van der Waals surface area (Å²) in [6, 6.07) is -0.0495. The van der Waals surface area contributed by atoms with Crippen LogP contribution in [-0.4, -0.2) is 37.4 Å². The smallest absolute Gasteiger partial charge is 0.319 e. The summed E-state index contributed by atoms with van der Waals surface area (Å²) in [5.41, 5.74) is 0. The summed E-state index contributed by atoms with van der Waals surface area (Å²) in [7, 11) is 0. The molecule has 4 heteroatoms. The molecule has 0 aliphatic rings. The second kappa shape index (κ2) is 8.81. The van der Waals surface area contributed by atoms with Crippen LogP contribution in [-0.2, 0) is 4.74 Å². The maximum absolute atomic E-state index is 11.4. The molecule has 0 unspecified atom stereocenters. The number of hydrogen-bond donors (Lipinski definition) is 1. The predicted octanol–water partition coefficient (Wildman–Crippen LogP) is 1.81. The van der Waals surface area contributed by atoms with E-state index in [1.165, 1.54) is 0 Å². The zero-order valence-electron chi connectivity index (χ0n) is 9.51. The Morgan fingerprint density at radius 1 is 1.29 bits per heavy atom. The third-order valence-electron chi connectivity index (χ3n) is 2.02. The van der Waals surface area contributed by atoms with Gasteiger partial charge in [-0.2, -0.15) is 0 Å². The van der Waals surface area contributed by atoms with Crippen LogP contribution in [0.1, 0.15) is 33.6 Å². The van der Waals surface area contributed by atoms with E-state index < -0.39 is 0 Å². The number of ether oxygens (including phenoxy) is 1. The first-order valence-electron chi connectivity index (χ1n) is 5.36. The van der Waals surface area contributed by atoms with E-state index in [-0.39, 0.29) is 6.03 Å². The Bertz CT molecular complexity index is 147. The van der Waals surface area contributed by atoms with Crippen LogP contribution in [0.2, 0.25) is 0 Å². The lowest BCUT2D eigenvalue weighted by atomic mass is 10.4. The van der Waals surface area contributed by atoms with Gasteiger partial charge in [0.05, 0.1) is 0 Å². The zero-order valence-corrected chi connectivity index (χ0v) is 9.51. The SMILES string of the molecule is CCCCOCNC(=O)N(CC)CC. The quantitative estimate of drug-likeness (QED) is 0.505. The molecule has 0 atom stereocenters. The van der Waals surface area contributed by atoms with Gasteiger partial charge < -0.3 is 15.0 Å². The molecule has 0 rings (SSSR count). The van der Waals surface area contributed by atoms with Crippen molar-refractivity contribution in [3.63, 3.8) is 0 Å². The summed E-state index contributed by atoms with van der Waals surface area (Å²) >= 11 is 0. The van der Waals surface area contributed by atoms with Crippen molar-refractivity contribution < 1.29 is 9.53 Å². The molecule has 4 nitrogen and oxygen atoms in total. The summed E-state index contributed by atoms with van der Waals surface area (Å²) in [6.07, 6.45) is 2.16. The number of amides is 2. The normalized spacial score (nSPS) is 9.93. The molecule has 0 aromatic carbocycles. The second-order valence-electron chi connectivity index (χ2n) is 3.06. The number of carbonyl (C=O) groups excluding carboxylic acids is 1.